The molecule has 4 nitrogen and oxygen atoms in total. The van der Waals surface area contributed by atoms with Gasteiger partial charge in [0.05, 0.1) is 17.8 Å². The van der Waals surface area contributed by atoms with Crippen LogP contribution in [0.2, 0.25) is 0 Å². The van der Waals surface area contributed by atoms with Crippen molar-refractivity contribution in [2.45, 2.75) is 46.2 Å². The fourth-order valence-electron chi connectivity index (χ4n) is 1.60. The van der Waals surface area contributed by atoms with Gasteiger partial charge in [0.15, 0.2) is 0 Å². The Hall–Kier alpha value is -0.940. The Balaban J connectivity index is 2.58. The third-order valence-corrected chi connectivity index (χ3v) is 3.88. The van der Waals surface area contributed by atoms with Crippen molar-refractivity contribution in [1.82, 2.24) is 10.3 Å². The second kappa shape index (κ2) is 6.85. The maximum atomic E-state index is 11.6. The van der Waals surface area contributed by atoms with Crippen molar-refractivity contribution in [3.8, 4) is 0 Å². The minimum Gasteiger partial charge on any atom is -0.468 e. The zero-order chi connectivity index (χ0) is 13.7. The Kier molecular flexibility index (Phi) is 5.75. The number of nitrogens with one attached hydrogen (secondary N) is 1. The van der Waals surface area contributed by atoms with Crippen LogP contribution in [0, 0.1) is 5.92 Å². The number of nitrogens with zero attached hydrogens (tertiary/aromatic N) is 1. The van der Waals surface area contributed by atoms with E-state index in [1.54, 1.807) is 11.3 Å². The number of thiazole rings is 1. The number of methoxy groups -OCH3 is 1. The van der Waals surface area contributed by atoms with Gasteiger partial charge in [-0.25, -0.2) is 4.98 Å². The first-order valence-electron chi connectivity index (χ1n) is 6.21. The minimum absolute atomic E-state index is 0.195. The van der Waals surface area contributed by atoms with E-state index in [1.807, 2.05) is 19.2 Å². The molecule has 0 aliphatic carbocycles. The highest BCUT2D eigenvalue weighted by molar-refractivity contribution is 7.09. The topological polar surface area (TPSA) is 51.2 Å². The maximum Gasteiger partial charge on any atom is 0.323 e. The van der Waals surface area contributed by atoms with Crippen molar-refractivity contribution in [3.05, 3.63) is 16.1 Å². The molecule has 1 aromatic rings. The summed E-state index contributed by atoms with van der Waals surface area (Å²) in [5, 5.41) is 6.38. The SMILES string of the molecule is COC(=O)C(NCc1csc(C(C)C)n1)C(C)C. The number of carbonyl (C=O) groups excluding carboxylic acids is 1. The minimum atomic E-state index is -0.279. The molecule has 102 valence electrons. The normalized spacial score (nSPS) is 13.1. The van der Waals surface area contributed by atoms with E-state index >= 15 is 0 Å². The molecule has 0 saturated carbocycles. The number of carbonyl (C=O) groups is 1. The van der Waals surface area contributed by atoms with Crippen molar-refractivity contribution in [1.29, 1.82) is 0 Å². The molecule has 0 amide bonds. The first kappa shape index (κ1) is 15.1. The first-order chi connectivity index (χ1) is 8.45. The van der Waals surface area contributed by atoms with Crippen LogP contribution in [-0.2, 0) is 16.1 Å². The highest BCUT2D eigenvalue weighted by Gasteiger charge is 2.22. The maximum absolute atomic E-state index is 11.6. The second-order valence-corrected chi connectivity index (χ2v) is 5.85. The monoisotopic (exact) mass is 270 g/mol. The number of ether oxygens (including phenoxy) is 1. The van der Waals surface area contributed by atoms with Crippen molar-refractivity contribution < 1.29 is 9.53 Å². The van der Waals surface area contributed by atoms with Gasteiger partial charge >= 0.3 is 5.97 Å². The van der Waals surface area contributed by atoms with Crippen LogP contribution < -0.4 is 5.32 Å². The first-order valence-corrected chi connectivity index (χ1v) is 7.09. The van der Waals surface area contributed by atoms with Crippen LogP contribution in [0.1, 0.15) is 44.3 Å². The molecule has 1 rings (SSSR count). The Morgan fingerprint density at radius 2 is 2.11 bits per heavy atom. The van der Waals surface area contributed by atoms with E-state index in [4.69, 9.17) is 4.74 Å². The van der Waals surface area contributed by atoms with E-state index in [0.717, 1.165) is 10.7 Å². The summed E-state index contributed by atoms with van der Waals surface area (Å²) >= 11 is 1.66. The van der Waals surface area contributed by atoms with Gasteiger partial charge in [0.1, 0.15) is 6.04 Å². The molecule has 0 aliphatic heterocycles. The third-order valence-electron chi connectivity index (χ3n) is 2.69. The number of hydrogen-bond acceptors (Lipinski definition) is 5. The third kappa shape index (κ3) is 4.07. The molecule has 0 aromatic carbocycles. The molecule has 1 heterocycles. The zero-order valence-corrected chi connectivity index (χ0v) is 12.5. The lowest BCUT2D eigenvalue weighted by molar-refractivity contribution is -0.144. The Morgan fingerprint density at radius 1 is 1.44 bits per heavy atom. The van der Waals surface area contributed by atoms with E-state index in [2.05, 4.69) is 24.1 Å². The number of rotatable bonds is 6. The Bertz CT molecular complexity index is 388. The lowest BCUT2D eigenvalue weighted by Crippen LogP contribution is -2.41. The van der Waals surface area contributed by atoms with Gasteiger partial charge in [-0.05, 0) is 5.92 Å². The number of aromatic nitrogens is 1. The van der Waals surface area contributed by atoms with Crippen LogP contribution >= 0.6 is 11.3 Å². The van der Waals surface area contributed by atoms with Gasteiger partial charge in [-0.1, -0.05) is 27.7 Å². The molecule has 0 spiro atoms. The van der Waals surface area contributed by atoms with Crippen molar-refractivity contribution in [2.75, 3.05) is 7.11 Å². The van der Waals surface area contributed by atoms with Gasteiger partial charge < -0.3 is 4.74 Å². The lowest BCUT2D eigenvalue weighted by atomic mass is 10.0. The van der Waals surface area contributed by atoms with E-state index in [-0.39, 0.29) is 17.9 Å². The van der Waals surface area contributed by atoms with Crippen LogP contribution in [0.4, 0.5) is 0 Å². The van der Waals surface area contributed by atoms with Crippen LogP contribution in [0.3, 0.4) is 0 Å². The van der Waals surface area contributed by atoms with Crippen molar-refractivity contribution in [2.24, 2.45) is 5.92 Å². The summed E-state index contributed by atoms with van der Waals surface area (Å²) in [4.78, 5) is 16.1. The predicted octanol–water partition coefficient (Wildman–Crippen LogP) is 2.55. The van der Waals surface area contributed by atoms with E-state index < -0.39 is 0 Å². The summed E-state index contributed by atoms with van der Waals surface area (Å²) in [5.74, 6) is 0.426. The van der Waals surface area contributed by atoms with Gasteiger partial charge in [-0.2, -0.15) is 0 Å². The molecule has 0 radical (unpaired) electrons. The Labute approximate surface area is 113 Å². The predicted molar refractivity (Wildman–Crippen MR) is 73.7 cm³/mol. The zero-order valence-electron chi connectivity index (χ0n) is 11.7. The van der Waals surface area contributed by atoms with Crippen LogP contribution in [0.5, 0.6) is 0 Å². The molecule has 0 bridgehead atoms. The van der Waals surface area contributed by atoms with Gasteiger partial charge in [0.25, 0.3) is 0 Å². The summed E-state index contributed by atoms with van der Waals surface area (Å²) in [6.07, 6.45) is 0. The molecule has 1 unspecified atom stereocenters. The van der Waals surface area contributed by atoms with E-state index in [9.17, 15) is 4.79 Å². The summed E-state index contributed by atoms with van der Waals surface area (Å²) in [6.45, 7) is 8.84. The molecular formula is C13H22N2O2S. The molecule has 18 heavy (non-hydrogen) atoms. The average Bonchev–Trinajstić information content (AvgIpc) is 2.77. The summed E-state index contributed by atoms with van der Waals surface area (Å²) in [7, 11) is 1.42. The molecule has 0 fully saturated rings. The molecule has 5 heteroatoms. The van der Waals surface area contributed by atoms with Gasteiger partial charge in [0, 0.05) is 17.8 Å². The summed E-state index contributed by atoms with van der Waals surface area (Å²) in [5.41, 5.74) is 0.984. The lowest BCUT2D eigenvalue weighted by Gasteiger charge is -2.19. The second-order valence-electron chi connectivity index (χ2n) is 4.96. The summed E-state index contributed by atoms with van der Waals surface area (Å²) < 4.78 is 4.79. The smallest absolute Gasteiger partial charge is 0.323 e. The quantitative estimate of drug-likeness (QED) is 0.807. The molecule has 1 aromatic heterocycles. The van der Waals surface area contributed by atoms with Crippen molar-refractivity contribution >= 4 is 17.3 Å². The van der Waals surface area contributed by atoms with E-state index in [1.165, 1.54) is 7.11 Å². The molecule has 1 atom stereocenters. The highest BCUT2D eigenvalue weighted by atomic mass is 32.1. The molecular weight excluding hydrogens is 248 g/mol. The largest absolute Gasteiger partial charge is 0.468 e. The van der Waals surface area contributed by atoms with Crippen LogP contribution in [0.25, 0.3) is 0 Å². The average molecular weight is 270 g/mol. The summed E-state index contributed by atoms with van der Waals surface area (Å²) in [6, 6.07) is -0.279. The highest BCUT2D eigenvalue weighted by Crippen LogP contribution is 2.19. The number of esters is 1. The van der Waals surface area contributed by atoms with E-state index in [0.29, 0.717) is 12.5 Å². The van der Waals surface area contributed by atoms with Crippen LogP contribution in [-0.4, -0.2) is 24.1 Å². The number of hydrogen-bond donors (Lipinski definition) is 1. The van der Waals surface area contributed by atoms with Crippen LogP contribution in [0.15, 0.2) is 5.38 Å². The Morgan fingerprint density at radius 3 is 2.56 bits per heavy atom. The van der Waals surface area contributed by atoms with Gasteiger partial charge in [0.2, 0.25) is 0 Å². The molecule has 1 N–H and O–H groups in total. The standard InChI is InChI=1S/C13H22N2O2S/c1-8(2)11(13(16)17-5)14-6-10-7-18-12(15-10)9(3)4/h7-9,11,14H,6H2,1-5H3. The van der Waals surface area contributed by atoms with Gasteiger partial charge in [-0.15, -0.1) is 11.3 Å². The van der Waals surface area contributed by atoms with Crippen molar-refractivity contribution in [3.63, 3.8) is 0 Å². The van der Waals surface area contributed by atoms with Gasteiger partial charge in [-0.3, -0.25) is 10.1 Å². The molecule has 0 aliphatic rings. The molecule has 0 saturated heterocycles. The fraction of sp³-hybridized carbons (Fsp3) is 0.692. The fourth-order valence-corrected chi connectivity index (χ4v) is 2.44.